The molecule has 0 aromatic heterocycles. The second-order valence-electron chi connectivity index (χ2n) is 5.20. The van der Waals surface area contributed by atoms with Crippen molar-refractivity contribution in [2.24, 2.45) is 5.73 Å². The summed E-state index contributed by atoms with van der Waals surface area (Å²) in [5.41, 5.74) is 6.39. The molecule has 6 nitrogen and oxygen atoms in total. The van der Waals surface area contributed by atoms with Crippen LogP contribution >= 0.6 is 0 Å². The number of anilines is 2. The van der Waals surface area contributed by atoms with Crippen molar-refractivity contribution in [1.29, 1.82) is 0 Å². The van der Waals surface area contributed by atoms with E-state index >= 15 is 0 Å². The van der Waals surface area contributed by atoms with Crippen LogP contribution in [0.3, 0.4) is 0 Å². The summed E-state index contributed by atoms with van der Waals surface area (Å²) in [5, 5.41) is 0. The van der Waals surface area contributed by atoms with Crippen LogP contribution < -0.4 is 15.5 Å². The molecule has 1 aromatic carbocycles. The monoisotopic (exact) mass is 293 g/mol. The third kappa shape index (κ3) is 2.62. The maximum atomic E-state index is 14.3. The first kappa shape index (κ1) is 14.0. The number of nitrogens with two attached hydrogens (primary N) is 1. The normalized spacial score (nSPS) is 23.0. The number of benzene rings is 1. The summed E-state index contributed by atoms with van der Waals surface area (Å²) in [5.74, 6) is -0.918. The van der Waals surface area contributed by atoms with Crippen LogP contribution in [0, 0.1) is 5.82 Å². The minimum Gasteiger partial charge on any atom is -0.370 e. The fourth-order valence-electron chi connectivity index (χ4n) is 2.64. The molecule has 7 heteroatoms. The van der Waals surface area contributed by atoms with Gasteiger partial charge in [-0.15, -0.1) is 0 Å². The Morgan fingerprint density at radius 1 is 1.24 bits per heavy atom. The molecule has 0 spiro atoms. The molecule has 3 rings (SSSR count). The van der Waals surface area contributed by atoms with Crippen molar-refractivity contribution in [2.45, 2.75) is 12.5 Å². The van der Waals surface area contributed by atoms with Crippen molar-refractivity contribution in [2.75, 3.05) is 36.1 Å². The summed E-state index contributed by atoms with van der Waals surface area (Å²) >= 11 is 0. The van der Waals surface area contributed by atoms with Crippen LogP contribution in [-0.4, -0.2) is 44.2 Å². The van der Waals surface area contributed by atoms with Crippen LogP contribution in [0.2, 0.25) is 0 Å². The van der Waals surface area contributed by atoms with Gasteiger partial charge in [-0.25, -0.2) is 4.39 Å². The van der Waals surface area contributed by atoms with Crippen molar-refractivity contribution in [1.82, 2.24) is 0 Å². The lowest BCUT2D eigenvalue weighted by atomic mass is 10.2. The van der Waals surface area contributed by atoms with Crippen LogP contribution in [0.25, 0.3) is 0 Å². The van der Waals surface area contributed by atoms with E-state index in [1.165, 1.54) is 21.9 Å². The average Bonchev–Trinajstić information content (AvgIpc) is 2.78. The van der Waals surface area contributed by atoms with Crippen molar-refractivity contribution in [3.8, 4) is 0 Å². The van der Waals surface area contributed by atoms with E-state index in [-0.39, 0.29) is 36.6 Å². The summed E-state index contributed by atoms with van der Waals surface area (Å²) in [6, 6.07) is 4.16. The predicted molar refractivity (Wildman–Crippen MR) is 74.5 cm³/mol. The molecule has 0 aliphatic carbocycles. The molecular formula is C14H16FN3O3. The van der Waals surface area contributed by atoms with Crippen molar-refractivity contribution in [3.05, 3.63) is 24.0 Å². The van der Waals surface area contributed by atoms with Crippen LogP contribution in [0.1, 0.15) is 6.42 Å². The van der Waals surface area contributed by atoms with Crippen LogP contribution in [-0.2, 0) is 14.3 Å². The SMILES string of the molecule is N[C@@H]1CC(=O)N(c2ccc(N3CCOCC3=O)cc2F)C1. The third-order valence-electron chi connectivity index (χ3n) is 3.67. The first-order valence-electron chi connectivity index (χ1n) is 6.80. The van der Waals surface area contributed by atoms with E-state index < -0.39 is 5.82 Å². The summed E-state index contributed by atoms with van der Waals surface area (Å²) in [7, 11) is 0. The topological polar surface area (TPSA) is 75.9 Å². The number of nitrogens with zero attached hydrogens (tertiary/aromatic N) is 2. The molecule has 21 heavy (non-hydrogen) atoms. The van der Waals surface area contributed by atoms with Gasteiger partial charge in [0.2, 0.25) is 5.91 Å². The Hall–Kier alpha value is -1.99. The van der Waals surface area contributed by atoms with Gasteiger partial charge in [0.15, 0.2) is 0 Å². The molecule has 0 bridgehead atoms. The molecule has 112 valence electrons. The number of carbonyl (C=O) groups excluding carboxylic acids is 2. The fraction of sp³-hybridized carbons (Fsp3) is 0.429. The van der Waals surface area contributed by atoms with Gasteiger partial charge >= 0.3 is 0 Å². The minimum atomic E-state index is -0.533. The van der Waals surface area contributed by atoms with Gasteiger partial charge in [-0.05, 0) is 18.2 Å². The number of morpholine rings is 1. The van der Waals surface area contributed by atoms with Crippen molar-refractivity contribution in [3.63, 3.8) is 0 Å². The largest absolute Gasteiger partial charge is 0.370 e. The molecule has 2 heterocycles. The molecule has 1 atom stereocenters. The molecule has 2 aliphatic heterocycles. The van der Waals surface area contributed by atoms with Gasteiger partial charge in [-0.1, -0.05) is 0 Å². The number of carbonyl (C=O) groups is 2. The zero-order chi connectivity index (χ0) is 15.0. The molecule has 2 N–H and O–H groups in total. The van der Waals surface area contributed by atoms with Gasteiger partial charge < -0.3 is 20.3 Å². The second-order valence-corrected chi connectivity index (χ2v) is 5.20. The summed E-state index contributed by atoms with van der Waals surface area (Å²) in [6.07, 6.45) is 0.225. The van der Waals surface area contributed by atoms with Crippen molar-refractivity contribution >= 4 is 23.2 Å². The van der Waals surface area contributed by atoms with Crippen LogP contribution in [0.15, 0.2) is 18.2 Å². The average molecular weight is 293 g/mol. The Kier molecular flexibility index (Phi) is 3.60. The molecule has 1 aromatic rings. The number of amides is 2. The smallest absolute Gasteiger partial charge is 0.253 e. The third-order valence-corrected chi connectivity index (χ3v) is 3.67. The highest BCUT2D eigenvalue weighted by molar-refractivity contribution is 5.98. The lowest BCUT2D eigenvalue weighted by molar-refractivity contribution is -0.125. The van der Waals surface area contributed by atoms with Gasteiger partial charge in [0.1, 0.15) is 12.4 Å². The molecule has 2 saturated heterocycles. The molecule has 0 radical (unpaired) electrons. The highest BCUT2D eigenvalue weighted by Crippen LogP contribution is 2.28. The van der Waals surface area contributed by atoms with E-state index in [0.29, 0.717) is 25.4 Å². The van der Waals surface area contributed by atoms with Gasteiger partial charge in [0.25, 0.3) is 5.91 Å². The van der Waals surface area contributed by atoms with Gasteiger partial charge in [-0.2, -0.15) is 0 Å². The van der Waals surface area contributed by atoms with E-state index in [2.05, 4.69) is 0 Å². The lowest BCUT2D eigenvalue weighted by Crippen LogP contribution is -2.41. The van der Waals surface area contributed by atoms with Crippen LogP contribution in [0.5, 0.6) is 0 Å². The van der Waals surface area contributed by atoms with Gasteiger partial charge in [0.05, 0.1) is 12.3 Å². The summed E-state index contributed by atoms with van der Waals surface area (Å²) in [4.78, 5) is 26.3. The van der Waals surface area contributed by atoms with Crippen molar-refractivity contribution < 1.29 is 18.7 Å². The molecule has 2 aliphatic rings. The molecule has 0 saturated carbocycles. The van der Waals surface area contributed by atoms with Gasteiger partial charge in [-0.3, -0.25) is 9.59 Å². The number of halogens is 1. The summed E-state index contributed by atoms with van der Waals surface area (Å²) in [6.45, 7) is 1.13. The minimum absolute atomic E-state index is 0.00281. The Bertz CT molecular complexity index is 593. The maximum absolute atomic E-state index is 14.3. The quantitative estimate of drug-likeness (QED) is 0.848. The second kappa shape index (κ2) is 5.42. The van der Waals surface area contributed by atoms with E-state index in [1.54, 1.807) is 6.07 Å². The highest BCUT2D eigenvalue weighted by Gasteiger charge is 2.30. The van der Waals surface area contributed by atoms with E-state index in [4.69, 9.17) is 10.5 Å². The number of rotatable bonds is 2. The zero-order valence-corrected chi connectivity index (χ0v) is 11.4. The number of ether oxygens (including phenoxy) is 1. The van der Waals surface area contributed by atoms with Crippen LogP contribution in [0.4, 0.5) is 15.8 Å². The zero-order valence-electron chi connectivity index (χ0n) is 11.4. The Balaban J connectivity index is 1.86. The molecule has 2 amide bonds. The molecule has 0 unspecified atom stereocenters. The Morgan fingerprint density at radius 3 is 2.67 bits per heavy atom. The lowest BCUT2D eigenvalue weighted by Gasteiger charge is -2.27. The van der Waals surface area contributed by atoms with E-state index in [1.807, 2.05) is 0 Å². The highest BCUT2D eigenvalue weighted by atomic mass is 19.1. The first-order chi connectivity index (χ1) is 10.1. The fourth-order valence-corrected chi connectivity index (χ4v) is 2.64. The van der Waals surface area contributed by atoms with E-state index in [9.17, 15) is 14.0 Å². The number of hydrogen-bond acceptors (Lipinski definition) is 4. The predicted octanol–water partition coefficient (Wildman–Crippen LogP) is 0.253. The summed E-state index contributed by atoms with van der Waals surface area (Å²) < 4.78 is 19.3. The maximum Gasteiger partial charge on any atom is 0.253 e. The molecular weight excluding hydrogens is 277 g/mol. The first-order valence-corrected chi connectivity index (χ1v) is 6.80. The standard InChI is InChI=1S/C14H16FN3O3/c15-11-6-10(17-3-4-21-8-14(17)20)1-2-12(11)18-7-9(16)5-13(18)19/h1-2,6,9H,3-5,7-8,16H2/t9-/m1/s1. The molecule has 2 fully saturated rings. The number of hydrogen-bond donors (Lipinski definition) is 1. The van der Waals surface area contributed by atoms with E-state index in [0.717, 1.165) is 0 Å². The Morgan fingerprint density at radius 2 is 2.05 bits per heavy atom. The van der Waals surface area contributed by atoms with Gasteiger partial charge in [0, 0.05) is 31.2 Å². The Labute approximate surface area is 121 Å².